The Hall–Kier alpha value is -1.24. The minimum atomic E-state index is -0.541. The van der Waals surface area contributed by atoms with Gasteiger partial charge >= 0.3 is 0 Å². The quantitative estimate of drug-likeness (QED) is 0.884. The Balaban J connectivity index is 0.00000242. The lowest BCUT2D eigenvalue weighted by atomic mass is 9.79. The fourth-order valence-electron chi connectivity index (χ4n) is 2.33. The number of halogens is 1. The van der Waals surface area contributed by atoms with Crippen LogP contribution in [0.2, 0.25) is 0 Å². The van der Waals surface area contributed by atoms with Crippen LogP contribution < -0.4 is 11.1 Å². The van der Waals surface area contributed by atoms with Gasteiger partial charge in [0.05, 0.1) is 23.5 Å². The monoisotopic (exact) mass is 328 g/mol. The molecule has 3 N–H and O–H groups in total. The highest BCUT2D eigenvalue weighted by molar-refractivity contribution is 5.95. The van der Waals surface area contributed by atoms with Gasteiger partial charge in [-0.25, -0.2) is 9.97 Å². The van der Waals surface area contributed by atoms with E-state index in [-0.39, 0.29) is 23.7 Å². The van der Waals surface area contributed by atoms with Crippen molar-refractivity contribution in [1.82, 2.24) is 9.97 Å². The van der Waals surface area contributed by atoms with Crippen molar-refractivity contribution in [2.24, 2.45) is 11.1 Å². The van der Waals surface area contributed by atoms with Crippen molar-refractivity contribution in [3.63, 3.8) is 0 Å². The third-order valence-corrected chi connectivity index (χ3v) is 3.90. The highest BCUT2D eigenvalue weighted by Gasteiger charge is 2.38. The molecule has 0 saturated carbocycles. The van der Waals surface area contributed by atoms with E-state index in [2.05, 4.69) is 15.3 Å². The number of nitrogens with two attached hydrogens (primary N) is 1. The van der Waals surface area contributed by atoms with Crippen LogP contribution in [0.5, 0.6) is 0 Å². The van der Waals surface area contributed by atoms with Crippen LogP contribution in [0.3, 0.4) is 0 Å². The first-order valence-electron chi connectivity index (χ1n) is 7.29. The second-order valence-corrected chi connectivity index (χ2v) is 6.60. The zero-order chi connectivity index (χ0) is 15.5. The molecule has 0 radical (unpaired) electrons. The smallest absolute Gasteiger partial charge is 0.232 e. The molecule has 2 heterocycles. The average molecular weight is 329 g/mol. The molecule has 22 heavy (non-hydrogen) atoms. The molecule has 124 valence electrons. The molecule has 0 atom stereocenters. The van der Waals surface area contributed by atoms with Crippen LogP contribution in [0.4, 0.5) is 5.69 Å². The van der Waals surface area contributed by atoms with Gasteiger partial charge in [0, 0.05) is 25.2 Å². The SMILES string of the molecule is CC(C)(C)c1ncc(NC(=O)C2(CN)CCOCC2)cn1.Cl. The van der Waals surface area contributed by atoms with Crippen molar-refractivity contribution in [3.05, 3.63) is 18.2 Å². The van der Waals surface area contributed by atoms with E-state index >= 15 is 0 Å². The van der Waals surface area contributed by atoms with Gasteiger partial charge in [0.15, 0.2) is 0 Å². The zero-order valence-electron chi connectivity index (χ0n) is 13.4. The molecule has 1 amide bonds. The maximum absolute atomic E-state index is 12.5. The van der Waals surface area contributed by atoms with Crippen molar-refractivity contribution in [3.8, 4) is 0 Å². The summed E-state index contributed by atoms with van der Waals surface area (Å²) in [4.78, 5) is 21.1. The number of carbonyl (C=O) groups is 1. The van der Waals surface area contributed by atoms with Gasteiger partial charge in [0.1, 0.15) is 5.82 Å². The van der Waals surface area contributed by atoms with Crippen LogP contribution in [0.1, 0.15) is 39.4 Å². The summed E-state index contributed by atoms with van der Waals surface area (Å²) >= 11 is 0. The number of aromatic nitrogens is 2. The number of anilines is 1. The standard InChI is InChI=1S/C15H24N4O2.ClH/c1-14(2,3)12-17-8-11(9-18-12)19-13(20)15(10-16)4-6-21-7-5-15;/h8-9H,4-7,10,16H2,1-3H3,(H,19,20);1H. The number of ether oxygens (including phenoxy) is 1. The van der Waals surface area contributed by atoms with Crippen LogP contribution in [0.25, 0.3) is 0 Å². The average Bonchev–Trinajstić information content (AvgIpc) is 2.47. The fourth-order valence-corrected chi connectivity index (χ4v) is 2.33. The second-order valence-electron chi connectivity index (χ2n) is 6.60. The first-order chi connectivity index (χ1) is 9.87. The maximum atomic E-state index is 12.5. The van der Waals surface area contributed by atoms with E-state index in [4.69, 9.17) is 10.5 Å². The summed E-state index contributed by atoms with van der Waals surface area (Å²) in [6, 6.07) is 0. The predicted octanol–water partition coefficient (Wildman–Crippen LogP) is 1.89. The molecular formula is C15H25ClN4O2. The van der Waals surface area contributed by atoms with Gasteiger partial charge < -0.3 is 15.8 Å². The molecule has 1 aliphatic rings. The molecule has 0 spiro atoms. The van der Waals surface area contributed by atoms with Crippen LogP contribution in [0, 0.1) is 5.41 Å². The van der Waals surface area contributed by atoms with Gasteiger partial charge in [-0.2, -0.15) is 0 Å². The lowest BCUT2D eigenvalue weighted by molar-refractivity contribution is -0.130. The maximum Gasteiger partial charge on any atom is 0.232 e. The second kappa shape index (κ2) is 7.35. The predicted molar refractivity (Wildman–Crippen MR) is 88.2 cm³/mol. The topological polar surface area (TPSA) is 90.1 Å². The van der Waals surface area contributed by atoms with Crippen molar-refractivity contribution in [2.75, 3.05) is 25.1 Å². The minimum absolute atomic E-state index is 0. The summed E-state index contributed by atoms with van der Waals surface area (Å²) < 4.78 is 5.32. The fraction of sp³-hybridized carbons (Fsp3) is 0.667. The van der Waals surface area contributed by atoms with E-state index in [1.54, 1.807) is 12.4 Å². The molecule has 1 fully saturated rings. The first kappa shape index (κ1) is 18.8. The molecule has 1 saturated heterocycles. The third-order valence-electron chi connectivity index (χ3n) is 3.90. The van der Waals surface area contributed by atoms with E-state index < -0.39 is 5.41 Å². The van der Waals surface area contributed by atoms with Gasteiger partial charge in [-0.05, 0) is 12.8 Å². The third kappa shape index (κ3) is 4.15. The molecule has 7 heteroatoms. The summed E-state index contributed by atoms with van der Waals surface area (Å²) in [7, 11) is 0. The van der Waals surface area contributed by atoms with Crippen LogP contribution in [-0.4, -0.2) is 35.6 Å². The van der Waals surface area contributed by atoms with Gasteiger partial charge in [-0.1, -0.05) is 20.8 Å². The Morgan fingerprint density at radius 2 is 1.86 bits per heavy atom. The summed E-state index contributed by atoms with van der Waals surface area (Å²) in [6.07, 6.45) is 4.59. The minimum Gasteiger partial charge on any atom is -0.381 e. The zero-order valence-corrected chi connectivity index (χ0v) is 14.2. The first-order valence-corrected chi connectivity index (χ1v) is 7.29. The normalized spacial score (nSPS) is 17.5. The molecule has 0 aromatic carbocycles. The molecular weight excluding hydrogens is 304 g/mol. The summed E-state index contributed by atoms with van der Waals surface area (Å²) in [5.74, 6) is 0.681. The number of nitrogens with one attached hydrogen (secondary N) is 1. The largest absolute Gasteiger partial charge is 0.381 e. The number of amides is 1. The van der Waals surface area contributed by atoms with Crippen LogP contribution in [-0.2, 0) is 14.9 Å². The van der Waals surface area contributed by atoms with Crippen LogP contribution in [0.15, 0.2) is 12.4 Å². The van der Waals surface area contributed by atoms with E-state index in [9.17, 15) is 4.79 Å². The Morgan fingerprint density at radius 3 is 2.32 bits per heavy atom. The van der Waals surface area contributed by atoms with Gasteiger partial charge in [-0.15, -0.1) is 12.4 Å². The lowest BCUT2D eigenvalue weighted by Crippen LogP contribution is -2.46. The number of nitrogens with zero attached hydrogens (tertiary/aromatic N) is 2. The molecule has 0 unspecified atom stereocenters. The summed E-state index contributed by atoms with van der Waals surface area (Å²) in [5, 5.41) is 2.88. The van der Waals surface area contributed by atoms with Gasteiger partial charge in [0.2, 0.25) is 5.91 Å². The molecule has 0 aliphatic carbocycles. The highest BCUT2D eigenvalue weighted by atomic mass is 35.5. The Morgan fingerprint density at radius 1 is 1.32 bits per heavy atom. The van der Waals surface area contributed by atoms with E-state index in [1.165, 1.54) is 0 Å². The Labute approximate surface area is 137 Å². The molecule has 1 aromatic rings. The Bertz CT molecular complexity index is 493. The van der Waals surface area contributed by atoms with E-state index in [0.29, 0.717) is 38.3 Å². The van der Waals surface area contributed by atoms with E-state index in [1.807, 2.05) is 20.8 Å². The molecule has 2 rings (SSSR count). The van der Waals surface area contributed by atoms with Gasteiger partial charge in [-0.3, -0.25) is 4.79 Å². The van der Waals surface area contributed by atoms with Crippen molar-refractivity contribution in [2.45, 2.75) is 39.0 Å². The van der Waals surface area contributed by atoms with Gasteiger partial charge in [0.25, 0.3) is 0 Å². The molecule has 1 aromatic heterocycles. The summed E-state index contributed by atoms with van der Waals surface area (Å²) in [6.45, 7) is 7.61. The van der Waals surface area contributed by atoms with Crippen molar-refractivity contribution < 1.29 is 9.53 Å². The number of rotatable bonds is 3. The Kier molecular flexibility index (Phi) is 6.28. The highest BCUT2D eigenvalue weighted by Crippen LogP contribution is 2.30. The number of hydrogen-bond acceptors (Lipinski definition) is 5. The molecule has 1 aliphatic heterocycles. The van der Waals surface area contributed by atoms with Crippen molar-refractivity contribution in [1.29, 1.82) is 0 Å². The lowest BCUT2D eigenvalue weighted by Gasteiger charge is -2.34. The molecule has 6 nitrogen and oxygen atoms in total. The van der Waals surface area contributed by atoms with E-state index in [0.717, 1.165) is 5.82 Å². The number of hydrogen-bond donors (Lipinski definition) is 2. The van der Waals surface area contributed by atoms with Crippen molar-refractivity contribution >= 4 is 24.0 Å². The summed E-state index contributed by atoms with van der Waals surface area (Å²) in [5.41, 5.74) is 5.78. The molecule has 0 bridgehead atoms. The number of carbonyl (C=O) groups excluding carboxylic acids is 1. The van der Waals surface area contributed by atoms with Crippen LogP contribution >= 0.6 is 12.4 Å².